The Morgan fingerprint density at radius 1 is 0.929 bits per heavy atom. The summed E-state index contributed by atoms with van der Waals surface area (Å²) in [4.78, 5) is 1.75. The lowest BCUT2D eigenvalue weighted by atomic mass is 9.98. The second-order valence-electron chi connectivity index (χ2n) is 7.83. The SMILES string of the molecule is CC(C)c1cccc(/C=N/c2ccccc2S(F)(F)(F)(F)F)c1OC(C)(C)C. The fraction of sp³-hybridized carbons (Fsp3) is 0.350. The molecule has 0 saturated heterocycles. The predicted octanol–water partition coefficient (Wildman–Crippen LogP) is 8.40. The van der Waals surface area contributed by atoms with E-state index >= 15 is 0 Å². The van der Waals surface area contributed by atoms with E-state index in [1.165, 1.54) is 6.07 Å². The Morgan fingerprint density at radius 2 is 1.54 bits per heavy atom. The van der Waals surface area contributed by atoms with Gasteiger partial charge in [0.1, 0.15) is 16.2 Å². The maximum absolute atomic E-state index is 13.3. The lowest BCUT2D eigenvalue weighted by Gasteiger charge is -2.41. The van der Waals surface area contributed by atoms with Crippen molar-refractivity contribution in [2.75, 3.05) is 0 Å². The molecule has 8 heteroatoms. The third-order valence-electron chi connectivity index (χ3n) is 3.73. The maximum atomic E-state index is 13.3. The number of rotatable bonds is 5. The molecule has 2 aromatic rings. The Hall–Kier alpha value is -2.09. The Bertz CT molecular complexity index is 900. The zero-order valence-corrected chi connectivity index (χ0v) is 17.2. The standard InChI is InChI=1S/C20H24F5NOS/c1-14(2)16-10-8-9-15(19(16)27-20(3,4)5)13-26-17-11-6-7-12-18(17)28(21,22,23,24)25/h6-14H,1-5H3/b26-13+. The molecule has 156 valence electrons. The summed E-state index contributed by atoms with van der Waals surface area (Å²) in [7, 11) is -9.86. The molecule has 0 aliphatic carbocycles. The quantitative estimate of drug-likeness (QED) is 0.351. The molecule has 0 atom stereocenters. The fourth-order valence-electron chi connectivity index (χ4n) is 2.58. The van der Waals surface area contributed by atoms with Crippen LogP contribution in [0.4, 0.5) is 25.1 Å². The molecule has 0 aliphatic heterocycles. The average Bonchev–Trinajstić information content (AvgIpc) is 2.50. The van der Waals surface area contributed by atoms with E-state index in [-0.39, 0.29) is 5.92 Å². The first-order valence-electron chi connectivity index (χ1n) is 8.67. The molecule has 0 bridgehead atoms. The van der Waals surface area contributed by atoms with Crippen LogP contribution in [0.2, 0.25) is 0 Å². The molecule has 0 fully saturated rings. The van der Waals surface area contributed by atoms with Crippen molar-refractivity contribution in [2.45, 2.75) is 51.0 Å². The van der Waals surface area contributed by atoms with Gasteiger partial charge in [-0.25, -0.2) is 0 Å². The highest BCUT2D eigenvalue weighted by atomic mass is 32.5. The van der Waals surface area contributed by atoms with Crippen molar-refractivity contribution in [2.24, 2.45) is 4.99 Å². The van der Waals surface area contributed by atoms with Crippen molar-refractivity contribution in [1.82, 2.24) is 0 Å². The minimum Gasteiger partial charge on any atom is -0.487 e. The lowest BCUT2D eigenvalue weighted by Crippen LogP contribution is -2.24. The number of ether oxygens (including phenoxy) is 1. The molecule has 0 N–H and O–H groups in total. The fourth-order valence-corrected chi connectivity index (χ4v) is 3.43. The van der Waals surface area contributed by atoms with Gasteiger partial charge in [0.05, 0.1) is 5.69 Å². The van der Waals surface area contributed by atoms with Gasteiger partial charge in [0.2, 0.25) is 0 Å². The van der Waals surface area contributed by atoms with E-state index in [4.69, 9.17) is 4.74 Å². The van der Waals surface area contributed by atoms with Gasteiger partial charge in [-0.3, -0.25) is 4.99 Å². The van der Waals surface area contributed by atoms with E-state index in [9.17, 15) is 19.4 Å². The Kier molecular flexibility index (Phi) is 5.13. The minimum absolute atomic E-state index is 0.0858. The molecular weight excluding hydrogens is 397 g/mol. The summed E-state index contributed by atoms with van der Waals surface area (Å²) < 4.78 is 72.5. The van der Waals surface area contributed by atoms with Crippen molar-refractivity contribution in [3.63, 3.8) is 0 Å². The van der Waals surface area contributed by atoms with Crippen molar-refractivity contribution in [3.8, 4) is 5.75 Å². The number of hydrogen-bond donors (Lipinski definition) is 0. The molecule has 2 rings (SSSR count). The molecule has 28 heavy (non-hydrogen) atoms. The van der Waals surface area contributed by atoms with Gasteiger partial charge in [-0.1, -0.05) is 57.5 Å². The monoisotopic (exact) mass is 421 g/mol. The topological polar surface area (TPSA) is 21.6 Å². The highest BCUT2D eigenvalue weighted by Crippen LogP contribution is 3.03. The van der Waals surface area contributed by atoms with Gasteiger partial charge in [0, 0.05) is 11.8 Å². The number of hydrogen-bond acceptors (Lipinski definition) is 2. The molecule has 0 aliphatic rings. The second-order valence-corrected chi connectivity index (χ2v) is 10.2. The van der Waals surface area contributed by atoms with Crippen LogP contribution in [0.1, 0.15) is 51.7 Å². The molecular formula is C20H24F5NOS. The van der Waals surface area contributed by atoms with Crippen LogP contribution in [0.3, 0.4) is 0 Å². The number of para-hydroxylation sites is 2. The average molecular weight is 421 g/mol. The van der Waals surface area contributed by atoms with E-state index in [0.29, 0.717) is 17.4 Å². The number of halogens is 5. The molecule has 0 heterocycles. The van der Waals surface area contributed by atoms with Gasteiger partial charge >= 0.3 is 10.2 Å². The summed E-state index contributed by atoms with van der Waals surface area (Å²) in [6.45, 7) is 9.43. The van der Waals surface area contributed by atoms with Crippen LogP contribution < -0.4 is 4.74 Å². The van der Waals surface area contributed by atoms with Crippen LogP contribution in [-0.2, 0) is 0 Å². The molecule has 2 aromatic carbocycles. The van der Waals surface area contributed by atoms with Gasteiger partial charge < -0.3 is 4.74 Å². The first kappa shape index (κ1) is 22.2. The van der Waals surface area contributed by atoms with E-state index in [1.54, 1.807) is 12.1 Å². The van der Waals surface area contributed by atoms with Crippen LogP contribution in [-0.4, -0.2) is 11.8 Å². The summed E-state index contributed by atoms with van der Waals surface area (Å²) in [5.74, 6) is 0.557. The molecule has 0 spiro atoms. The van der Waals surface area contributed by atoms with E-state index < -0.39 is 26.4 Å². The first-order valence-corrected chi connectivity index (χ1v) is 10.6. The highest BCUT2D eigenvalue weighted by Gasteiger charge is 2.66. The molecule has 0 unspecified atom stereocenters. The molecule has 2 nitrogen and oxygen atoms in total. The Labute approximate surface area is 162 Å². The van der Waals surface area contributed by atoms with Gasteiger partial charge in [0.25, 0.3) is 0 Å². The normalized spacial score (nSPS) is 15.5. The zero-order valence-electron chi connectivity index (χ0n) is 16.3. The van der Waals surface area contributed by atoms with Crippen LogP contribution in [0, 0.1) is 0 Å². The van der Waals surface area contributed by atoms with E-state index in [0.717, 1.165) is 23.9 Å². The largest absolute Gasteiger partial charge is 0.487 e. The zero-order chi connectivity index (χ0) is 21.4. The van der Waals surface area contributed by atoms with Crippen LogP contribution in [0.5, 0.6) is 5.75 Å². The molecule has 0 aromatic heterocycles. The lowest BCUT2D eigenvalue weighted by molar-refractivity contribution is 0.129. The molecule has 0 saturated carbocycles. The molecule has 0 radical (unpaired) electrons. The summed E-state index contributed by atoms with van der Waals surface area (Å²) in [6.07, 6.45) is 1.13. The second kappa shape index (κ2) is 6.47. The Morgan fingerprint density at radius 3 is 2.07 bits per heavy atom. The predicted molar refractivity (Wildman–Crippen MR) is 106 cm³/mol. The van der Waals surface area contributed by atoms with Crippen molar-refractivity contribution >= 4 is 22.1 Å². The summed E-state index contributed by atoms with van der Waals surface area (Å²) in [5.41, 5.74) is -0.133. The summed E-state index contributed by atoms with van der Waals surface area (Å²) in [5, 5.41) is 0. The van der Waals surface area contributed by atoms with Gasteiger partial charge in [-0.15, -0.1) is 0 Å². The smallest absolute Gasteiger partial charge is 0.312 e. The summed E-state index contributed by atoms with van der Waals surface area (Å²) >= 11 is 0. The number of benzene rings is 2. The van der Waals surface area contributed by atoms with Crippen molar-refractivity contribution < 1.29 is 24.2 Å². The molecule has 0 amide bonds. The van der Waals surface area contributed by atoms with Crippen LogP contribution in [0.15, 0.2) is 52.4 Å². The van der Waals surface area contributed by atoms with Gasteiger partial charge in [-0.05, 0) is 50.5 Å². The van der Waals surface area contributed by atoms with Crippen molar-refractivity contribution in [3.05, 3.63) is 53.6 Å². The minimum atomic E-state index is -9.86. The van der Waals surface area contributed by atoms with Crippen LogP contribution in [0.25, 0.3) is 0 Å². The first-order chi connectivity index (χ1) is 12.5. The third-order valence-corrected chi connectivity index (χ3v) is 4.91. The van der Waals surface area contributed by atoms with Gasteiger partial charge in [-0.2, -0.15) is 0 Å². The number of nitrogens with zero attached hydrogens (tertiary/aromatic N) is 1. The van der Waals surface area contributed by atoms with Gasteiger partial charge in [0.15, 0.2) is 0 Å². The highest BCUT2D eigenvalue weighted by molar-refractivity contribution is 8.45. The van der Waals surface area contributed by atoms with Crippen LogP contribution >= 0.6 is 10.2 Å². The number of aliphatic imine (C=N–C) groups is 1. The Balaban J connectivity index is 2.60. The van der Waals surface area contributed by atoms with E-state index in [2.05, 4.69) is 4.99 Å². The maximum Gasteiger partial charge on any atom is 0.312 e. The van der Waals surface area contributed by atoms with Crippen molar-refractivity contribution in [1.29, 1.82) is 0 Å². The van der Waals surface area contributed by atoms with E-state index in [1.807, 2.05) is 40.7 Å². The third kappa shape index (κ3) is 5.70. The summed E-state index contributed by atoms with van der Waals surface area (Å²) in [6, 6.07) is 8.62.